The Labute approximate surface area is 401 Å². The van der Waals surface area contributed by atoms with E-state index in [2.05, 4.69) is 31.9 Å². The first-order chi connectivity index (χ1) is 32.1. The molecule has 8 atom stereocenters. The summed E-state index contributed by atoms with van der Waals surface area (Å²) in [6.45, 7) is 6.51. The number of amides is 10. The Morgan fingerprint density at radius 2 is 1.47 bits per heavy atom. The van der Waals surface area contributed by atoms with Gasteiger partial charge in [0.25, 0.3) is 5.91 Å². The molecule has 2 heterocycles. The minimum atomic E-state index is -1.74. The van der Waals surface area contributed by atoms with Gasteiger partial charge in [0.1, 0.15) is 42.0 Å². The van der Waals surface area contributed by atoms with Crippen LogP contribution in [0.1, 0.15) is 84.6 Å². The van der Waals surface area contributed by atoms with Crippen LogP contribution in [0.5, 0.6) is 5.75 Å². The molecule has 0 radical (unpaired) electrons. The molecule has 0 aromatic heterocycles. The summed E-state index contributed by atoms with van der Waals surface area (Å²) in [6.07, 6.45) is -2.21. The topological polar surface area (TPSA) is 371 Å². The molecule has 2 fully saturated rings. The van der Waals surface area contributed by atoms with Gasteiger partial charge in [-0.15, -0.1) is 0 Å². The Balaban J connectivity index is 2.02. The van der Waals surface area contributed by atoms with E-state index in [4.69, 9.17) is 21.9 Å². The number of nitrogens with two attached hydrogens (primary N) is 3. The van der Waals surface area contributed by atoms with Crippen LogP contribution >= 0.6 is 21.6 Å². The normalized spacial score (nSPS) is 23.4. The average Bonchev–Trinajstić information content (AvgIpc) is 3.77. The lowest BCUT2D eigenvalue weighted by Crippen LogP contribution is -2.61. The molecule has 2 saturated heterocycles. The van der Waals surface area contributed by atoms with E-state index < -0.39 is 133 Å². The minimum Gasteiger partial charge on any atom is -0.508 e. The Morgan fingerprint density at radius 1 is 0.824 bits per heavy atom. The largest absolute Gasteiger partial charge is 0.508 e. The van der Waals surface area contributed by atoms with Gasteiger partial charge in [-0.2, -0.15) is 0 Å². The first-order valence-corrected chi connectivity index (χ1v) is 24.8. The van der Waals surface area contributed by atoms with E-state index in [-0.39, 0.29) is 61.8 Å². The van der Waals surface area contributed by atoms with Crippen molar-refractivity contribution in [2.45, 2.75) is 128 Å². The Kier molecular flexibility index (Phi) is 22.9. The van der Waals surface area contributed by atoms with Gasteiger partial charge in [0.15, 0.2) is 6.10 Å². The molecule has 10 amide bonds. The Bertz CT molecular complexity index is 2010. The molecule has 1 aromatic carbocycles. The fourth-order valence-corrected chi connectivity index (χ4v) is 9.32. The van der Waals surface area contributed by atoms with E-state index in [1.165, 1.54) is 17.0 Å². The van der Waals surface area contributed by atoms with E-state index in [0.717, 1.165) is 21.6 Å². The van der Waals surface area contributed by atoms with Crippen LogP contribution in [-0.2, 0) is 63.9 Å². The van der Waals surface area contributed by atoms with Crippen LogP contribution in [0.4, 0.5) is 0 Å². The van der Waals surface area contributed by atoms with Crippen LogP contribution in [0.15, 0.2) is 24.3 Å². The highest BCUT2D eigenvalue weighted by atomic mass is 33.1. The van der Waals surface area contributed by atoms with Crippen molar-refractivity contribution in [2.24, 2.45) is 29.0 Å². The Hall–Kier alpha value is -6.11. The molecule has 13 N–H and O–H groups in total. The smallest absolute Gasteiger partial charge is 0.329 e. The van der Waals surface area contributed by atoms with Crippen molar-refractivity contribution in [2.75, 3.05) is 24.6 Å². The highest BCUT2D eigenvalue weighted by Gasteiger charge is 2.41. The SMILES string of the molecule is CCC(C)C1NC(=O)C(Cc2ccc(O)cc2)NC(=O)CCSSCC(C(=O)N2CCCC2C(=O)OC(CC(C)C)C(=O)NCC(N)=O)NC(=O)C(CC(N)=O)NC(=O)C(CCC(N)=O)NC1=O. The number of rotatable bonds is 17. The molecule has 8 unspecified atom stereocenters. The molecular formula is C43H64N10O13S2. The van der Waals surface area contributed by atoms with Gasteiger partial charge in [0.05, 0.1) is 13.0 Å². The van der Waals surface area contributed by atoms with Gasteiger partial charge in [0.2, 0.25) is 53.2 Å². The zero-order valence-corrected chi connectivity index (χ0v) is 40.2. The van der Waals surface area contributed by atoms with Crippen LogP contribution < -0.4 is 49.1 Å². The van der Waals surface area contributed by atoms with E-state index >= 15 is 0 Å². The van der Waals surface area contributed by atoms with Gasteiger partial charge < -0.3 is 63.8 Å². The molecule has 3 rings (SSSR count). The lowest BCUT2D eigenvalue weighted by atomic mass is 9.96. The van der Waals surface area contributed by atoms with E-state index in [9.17, 15) is 57.8 Å². The molecule has 68 heavy (non-hydrogen) atoms. The quantitative estimate of drug-likeness (QED) is 0.0590. The molecule has 2 aliphatic heterocycles. The van der Waals surface area contributed by atoms with Gasteiger partial charge in [-0.05, 0) is 55.2 Å². The maximum atomic E-state index is 14.4. The number of primary amides is 3. The van der Waals surface area contributed by atoms with Crippen molar-refractivity contribution >= 4 is 86.6 Å². The number of phenols is 1. The monoisotopic (exact) mass is 992 g/mol. The lowest BCUT2D eigenvalue weighted by Gasteiger charge is -2.31. The van der Waals surface area contributed by atoms with Crippen LogP contribution in [-0.4, -0.2) is 142 Å². The van der Waals surface area contributed by atoms with Crippen molar-refractivity contribution in [1.82, 2.24) is 36.8 Å². The van der Waals surface area contributed by atoms with E-state index in [1.54, 1.807) is 39.8 Å². The number of phenolic OH excluding ortho intramolecular Hbond substituents is 1. The van der Waals surface area contributed by atoms with Crippen LogP contribution in [0.3, 0.4) is 0 Å². The van der Waals surface area contributed by atoms with Crippen molar-refractivity contribution < 1.29 is 62.6 Å². The van der Waals surface area contributed by atoms with Crippen molar-refractivity contribution in [3.63, 3.8) is 0 Å². The number of esters is 1. The zero-order chi connectivity index (χ0) is 50.7. The van der Waals surface area contributed by atoms with Crippen LogP contribution in [0.2, 0.25) is 0 Å². The second-order valence-corrected chi connectivity index (χ2v) is 19.6. The highest BCUT2D eigenvalue weighted by Crippen LogP contribution is 2.27. The molecular weight excluding hydrogens is 929 g/mol. The van der Waals surface area contributed by atoms with Gasteiger partial charge in [-0.25, -0.2) is 4.79 Å². The zero-order valence-electron chi connectivity index (χ0n) is 38.5. The summed E-state index contributed by atoms with van der Waals surface area (Å²) >= 11 is 0. The predicted octanol–water partition coefficient (Wildman–Crippen LogP) is -2.12. The third-order valence-electron chi connectivity index (χ3n) is 11.0. The molecule has 376 valence electrons. The number of carbonyl (C=O) groups is 11. The number of aromatic hydroxyl groups is 1. The summed E-state index contributed by atoms with van der Waals surface area (Å²) in [6, 6.07) is -2.54. The summed E-state index contributed by atoms with van der Waals surface area (Å²) in [5.74, 6) is -10.2. The summed E-state index contributed by atoms with van der Waals surface area (Å²) in [5, 5.41) is 25.0. The van der Waals surface area contributed by atoms with Crippen molar-refractivity contribution in [3.8, 4) is 5.75 Å². The molecule has 0 bridgehead atoms. The summed E-state index contributed by atoms with van der Waals surface area (Å²) in [5.41, 5.74) is 16.6. The number of ether oxygens (including phenoxy) is 1. The second kappa shape index (κ2) is 27.6. The summed E-state index contributed by atoms with van der Waals surface area (Å²) in [7, 11) is 2.21. The van der Waals surface area contributed by atoms with Crippen LogP contribution in [0, 0.1) is 11.8 Å². The fourth-order valence-electron chi connectivity index (χ4n) is 7.17. The number of hydrogen-bond acceptors (Lipinski definition) is 15. The number of likely N-dealkylation sites (tertiary alicyclic amines) is 1. The number of hydrogen-bond donors (Lipinski definition) is 10. The number of nitrogens with one attached hydrogen (secondary N) is 6. The molecule has 23 nitrogen and oxygen atoms in total. The number of carbonyl (C=O) groups excluding carboxylic acids is 11. The Morgan fingerprint density at radius 3 is 2.09 bits per heavy atom. The summed E-state index contributed by atoms with van der Waals surface area (Å²) < 4.78 is 5.61. The lowest BCUT2D eigenvalue weighted by molar-refractivity contribution is -0.163. The van der Waals surface area contributed by atoms with E-state index in [0.29, 0.717) is 18.4 Å². The number of nitrogens with zero attached hydrogens (tertiary/aromatic N) is 1. The van der Waals surface area contributed by atoms with E-state index in [1.807, 2.05) is 0 Å². The molecule has 1 aromatic rings. The molecule has 0 aliphatic carbocycles. The van der Waals surface area contributed by atoms with Gasteiger partial charge in [0, 0.05) is 37.3 Å². The molecule has 2 aliphatic rings. The maximum Gasteiger partial charge on any atom is 0.329 e. The molecule has 0 saturated carbocycles. The second-order valence-electron chi connectivity index (χ2n) is 17.0. The average molecular weight is 993 g/mol. The maximum absolute atomic E-state index is 14.4. The molecule has 25 heteroatoms. The van der Waals surface area contributed by atoms with Crippen molar-refractivity contribution in [1.29, 1.82) is 0 Å². The van der Waals surface area contributed by atoms with Crippen molar-refractivity contribution in [3.05, 3.63) is 29.8 Å². The first-order valence-electron chi connectivity index (χ1n) is 22.3. The minimum absolute atomic E-state index is 0.0282. The fraction of sp³-hybridized carbons (Fsp3) is 0.605. The third-order valence-corrected chi connectivity index (χ3v) is 13.4. The van der Waals surface area contributed by atoms with Gasteiger partial charge in [-0.1, -0.05) is 67.8 Å². The van der Waals surface area contributed by atoms with Crippen LogP contribution in [0.25, 0.3) is 0 Å². The standard InChI is InChI=1S/C43H64N10O13S2/c1-5-23(4)36-41(63)49-26(12-13-32(44)55)37(59)50-28(19-33(45)56)38(60)51-29(21-68-67-16-14-35(58)48-27(39(61)52-36)18-24-8-10-25(54)11-9-24)42(64)53-15-6-7-30(53)43(65)66-31(17-22(2)3)40(62)47-20-34(46)57/h8-11,22-23,26-31,36,54H,5-7,12-21H2,1-4H3,(H2,44,55)(H2,45,56)(H2,46,57)(H,47,62)(H,48,58)(H,49,63)(H,50,59)(H,51,60)(H,52,61). The highest BCUT2D eigenvalue weighted by molar-refractivity contribution is 8.76. The summed E-state index contributed by atoms with van der Waals surface area (Å²) in [4.78, 5) is 147. The first kappa shape index (κ1) is 56.2. The van der Waals surface area contributed by atoms with Gasteiger partial charge >= 0.3 is 5.97 Å². The third kappa shape index (κ3) is 18.5. The van der Waals surface area contributed by atoms with Gasteiger partial charge in [-0.3, -0.25) is 47.9 Å². The molecule has 0 spiro atoms. The predicted molar refractivity (Wildman–Crippen MR) is 249 cm³/mol. The number of benzene rings is 1.